The van der Waals surface area contributed by atoms with Crippen LogP contribution in [0.25, 0.3) is 10.9 Å². The highest BCUT2D eigenvalue weighted by Crippen LogP contribution is 2.36. The lowest BCUT2D eigenvalue weighted by Crippen LogP contribution is -2.13. The van der Waals surface area contributed by atoms with Crippen molar-refractivity contribution in [1.29, 1.82) is 5.26 Å². The molecule has 0 atom stereocenters. The second kappa shape index (κ2) is 13.6. The van der Waals surface area contributed by atoms with Gasteiger partial charge in [0.05, 0.1) is 29.1 Å². The highest BCUT2D eigenvalue weighted by molar-refractivity contribution is 6.31. The number of likely N-dealkylation sites (N-methyl/N-ethyl adjacent to an activating group) is 1. The molecule has 4 rings (SSSR count). The SMILES string of the molecule is CCOc1cc2ncc(C#N)c(Nc3ccc(CCc4ccccn4)c(Cl)c3)c2cc1NC(=O)/C=C/CN(C)C. The number of carbonyl (C=O) groups is 1. The lowest BCUT2D eigenvalue weighted by molar-refractivity contribution is -0.111. The van der Waals surface area contributed by atoms with Crippen molar-refractivity contribution < 1.29 is 9.53 Å². The number of carbonyl (C=O) groups excluding carboxylic acids is 1. The van der Waals surface area contributed by atoms with Gasteiger partial charge in [0.15, 0.2) is 0 Å². The molecule has 0 spiro atoms. The predicted molar refractivity (Wildman–Crippen MR) is 160 cm³/mol. The van der Waals surface area contributed by atoms with Gasteiger partial charge in [-0.15, -0.1) is 0 Å². The maximum Gasteiger partial charge on any atom is 0.248 e. The largest absolute Gasteiger partial charge is 0.492 e. The summed E-state index contributed by atoms with van der Waals surface area (Å²) in [4.78, 5) is 23.4. The molecular formula is C31H31ClN6O2. The van der Waals surface area contributed by atoms with Crippen molar-refractivity contribution in [3.05, 3.63) is 94.9 Å². The van der Waals surface area contributed by atoms with Gasteiger partial charge < -0.3 is 20.3 Å². The molecule has 2 aromatic heterocycles. The number of aryl methyl sites for hydroxylation is 2. The first-order chi connectivity index (χ1) is 19.4. The monoisotopic (exact) mass is 554 g/mol. The Balaban J connectivity index is 1.64. The minimum atomic E-state index is -0.283. The van der Waals surface area contributed by atoms with Gasteiger partial charge >= 0.3 is 0 Å². The van der Waals surface area contributed by atoms with Crippen molar-refractivity contribution in [2.75, 3.05) is 37.9 Å². The fraction of sp³-hybridized carbons (Fsp3) is 0.226. The zero-order valence-electron chi connectivity index (χ0n) is 22.7. The highest BCUT2D eigenvalue weighted by atomic mass is 35.5. The van der Waals surface area contributed by atoms with E-state index in [-0.39, 0.29) is 5.91 Å². The van der Waals surface area contributed by atoms with E-state index in [1.54, 1.807) is 24.4 Å². The van der Waals surface area contributed by atoms with E-state index in [4.69, 9.17) is 16.3 Å². The van der Waals surface area contributed by atoms with Crippen LogP contribution in [0, 0.1) is 11.3 Å². The maximum absolute atomic E-state index is 12.6. The number of pyridine rings is 2. The summed E-state index contributed by atoms with van der Waals surface area (Å²) in [6.45, 7) is 2.92. The Morgan fingerprint density at radius 2 is 2.00 bits per heavy atom. The van der Waals surface area contributed by atoms with E-state index in [9.17, 15) is 10.1 Å². The normalized spacial score (nSPS) is 11.1. The van der Waals surface area contributed by atoms with E-state index in [0.29, 0.717) is 51.8 Å². The standard InChI is InChI=1S/C31H31ClN6O2/c1-4-40-29-18-27-25(17-28(29)37-30(39)9-7-15-38(2)3)31(22(19-33)20-35-27)36-24-13-11-21(26(32)16-24)10-12-23-8-5-6-14-34-23/h5-9,11,13-14,16-18,20H,4,10,12,15H2,1-3H3,(H,35,36)(H,37,39)/b9-7+. The van der Waals surface area contributed by atoms with E-state index in [2.05, 4.69) is 26.7 Å². The van der Waals surface area contributed by atoms with Gasteiger partial charge in [-0.2, -0.15) is 5.26 Å². The molecule has 2 heterocycles. The third-order valence-corrected chi connectivity index (χ3v) is 6.44. The molecule has 0 radical (unpaired) electrons. The van der Waals surface area contributed by atoms with Crippen LogP contribution in [0.15, 0.2) is 73.1 Å². The molecule has 0 aliphatic heterocycles. The summed E-state index contributed by atoms with van der Waals surface area (Å²) in [6.07, 6.45) is 8.10. The quantitative estimate of drug-likeness (QED) is 0.215. The van der Waals surface area contributed by atoms with Crippen molar-refractivity contribution in [3.8, 4) is 11.8 Å². The summed E-state index contributed by atoms with van der Waals surface area (Å²) in [5.74, 6) is 0.210. The number of aromatic nitrogens is 2. The van der Waals surface area contributed by atoms with Gasteiger partial charge in [-0.3, -0.25) is 14.8 Å². The number of anilines is 3. The molecule has 1 amide bonds. The van der Waals surface area contributed by atoms with Crippen molar-refractivity contribution in [3.63, 3.8) is 0 Å². The van der Waals surface area contributed by atoms with E-state index < -0.39 is 0 Å². The average molecular weight is 555 g/mol. The number of amides is 1. The zero-order valence-corrected chi connectivity index (χ0v) is 23.5. The number of nitrogens with zero attached hydrogens (tertiary/aromatic N) is 4. The number of nitrogens with one attached hydrogen (secondary N) is 2. The summed E-state index contributed by atoms with van der Waals surface area (Å²) in [6, 6.07) is 17.4. The third kappa shape index (κ3) is 7.35. The third-order valence-electron chi connectivity index (χ3n) is 6.09. The zero-order chi connectivity index (χ0) is 28.5. The van der Waals surface area contributed by atoms with Crippen LogP contribution in [0.1, 0.15) is 23.7 Å². The Hall–Kier alpha value is -4.45. The topological polar surface area (TPSA) is 103 Å². The molecule has 0 unspecified atom stereocenters. The molecule has 0 aliphatic carbocycles. The first-order valence-electron chi connectivity index (χ1n) is 12.9. The summed E-state index contributed by atoms with van der Waals surface area (Å²) in [7, 11) is 3.85. The van der Waals surface area contributed by atoms with Crippen LogP contribution in [-0.4, -0.2) is 48.0 Å². The van der Waals surface area contributed by atoms with Crippen LogP contribution in [0.2, 0.25) is 5.02 Å². The molecule has 40 heavy (non-hydrogen) atoms. The number of fused-ring (bicyclic) bond motifs is 1. The van der Waals surface area contributed by atoms with Crippen LogP contribution in [0.3, 0.4) is 0 Å². The molecule has 0 fully saturated rings. The molecule has 0 aliphatic rings. The van der Waals surface area contributed by atoms with Crippen LogP contribution in [0.5, 0.6) is 5.75 Å². The van der Waals surface area contributed by atoms with E-state index in [0.717, 1.165) is 29.8 Å². The number of ether oxygens (including phenoxy) is 1. The molecule has 204 valence electrons. The average Bonchev–Trinajstić information content (AvgIpc) is 2.94. The number of hydrogen-bond acceptors (Lipinski definition) is 7. The second-order valence-corrected chi connectivity index (χ2v) is 9.77. The Kier molecular flexibility index (Phi) is 9.68. The van der Waals surface area contributed by atoms with Crippen molar-refractivity contribution in [2.45, 2.75) is 19.8 Å². The van der Waals surface area contributed by atoms with Crippen LogP contribution >= 0.6 is 11.6 Å². The number of benzene rings is 2. The van der Waals surface area contributed by atoms with E-state index in [1.807, 2.05) is 62.3 Å². The molecular weight excluding hydrogens is 524 g/mol. The smallest absolute Gasteiger partial charge is 0.248 e. The van der Waals surface area contributed by atoms with Crippen molar-refractivity contribution in [1.82, 2.24) is 14.9 Å². The van der Waals surface area contributed by atoms with Gasteiger partial charge in [-0.05, 0) is 69.8 Å². The molecule has 2 N–H and O–H groups in total. The fourth-order valence-corrected chi connectivity index (χ4v) is 4.41. The van der Waals surface area contributed by atoms with Crippen molar-refractivity contribution >= 4 is 45.5 Å². The number of hydrogen-bond donors (Lipinski definition) is 2. The molecule has 0 bridgehead atoms. The predicted octanol–water partition coefficient (Wildman–Crippen LogP) is 6.14. The van der Waals surface area contributed by atoms with Crippen molar-refractivity contribution in [2.24, 2.45) is 0 Å². The minimum Gasteiger partial charge on any atom is -0.492 e. The summed E-state index contributed by atoms with van der Waals surface area (Å²) in [5, 5.41) is 17.4. The number of nitriles is 1. The molecule has 8 nitrogen and oxygen atoms in total. The maximum atomic E-state index is 12.6. The summed E-state index contributed by atoms with van der Waals surface area (Å²) in [5.41, 5.74) is 4.75. The number of rotatable bonds is 11. The lowest BCUT2D eigenvalue weighted by atomic mass is 10.1. The molecule has 9 heteroatoms. The lowest BCUT2D eigenvalue weighted by Gasteiger charge is -2.16. The Morgan fingerprint density at radius 3 is 2.70 bits per heavy atom. The van der Waals surface area contributed by atoms with Crippen LogP contribution < -0.4 is 15.4 Å². The van der Waals surface area contributed by atoms with Gasteiger partial charge in [0, 0.05) is 52.9 Å². The van der Waals surface area contributed by atoms with Crippen LogP contribution in [-0.2, 0) is 17.6 Å². The Morgan fingerprint density at radius 1 is 1.15 bits per heavy atom. The summed E-state index contributed by atoms with van der Waals surface area (Å²) < 4.78 is 5.79. The summed E-state index contributed by atoms with van der Waals surface area (Å²) >= 11 is 6.64. The van der Waals surface area contributed by atoms with Gasteiger partial charge in [-0.25, -0.2) is 0 Å². The number of halogens is 1. The Bertz CT molecular complexity index is 1560. The van der Waals surface area contributed by atoms with Gasteiger partial charge in [0.25, 0.3) is 0 Å². The van der Waals surface area contributed by atoms with Gasteiger partial charge in [0.1, 0.15) is 11.8 Å². The van der Waals surface area contributed by atoms with Gasteiger partial charge in [-0.1, -0.05) is 29.8 Å². The molecule has 2 aromatic carbocycles. The van der Waals surface area contributed by atoms with E-state index >= 15 is 0 Å². The molecule has 0 saturated heterocycles. The molecule has 4 aromatic rings. The van der Waals surface area contributed by atoms with E-state index in [1.165, 1.54) is 12.3 Å². The van der Waals surface area contributed by atoms with Crippen LogP contribution in [0.4, 0.5) is 17.1 Å². The minimum absolute atomic E-state index is 0.283. The first-order valence-corrected chi connectivity index (χ1v) is 13.3. The Labute approximate surface area is 239 Å². The molecule has 0 saturated carbocycles. The fourth-order valence-electron chi connectivity index (χ4n) is 4.14. The second-order valence-electron chi connectivity index (χ2n) is 9.36. The van der Waals surface area contributed by atoms with Gasteiger partial charge in [0.2, 0.25) is 5.91 Å². The highest BCUT2D eigenvalue weighted by Gasteiger charge is 2.16. The first kappa shape index (κ1) is 28.6.